The van der Waals surface area contributed by atoms with Crippen molar-refractivity contribution in [3.05, 3.63) is 48.0 Å². The van der Waals surface area contributed by atoms with E-state index in [9.17, 15) is 4.79 Å². The fourth-order valence-corrected chi connectivity index (χ4v) is 2.60. The van der Waals surface area contributed by atoms with Gasteiger partial charge in [0.25, 0.3) is 0 Å². The third-order valence-electron chi connectivity index (χ3n) is 3.95. The molecule has 0 aromatic heterocycles. The Morgan fingerprint density at radius 1 is 0.909 bits per heavy atom. The standard InChI is InChI=1S/C20H26O2/c1-2-3-4-5-6-9-14-22-16-20(21)19-13-12-17-10-7-8-11-18(17)15-19/h7-8,10-13,15H,2-6,9,14,16H2,1H3. The maximum absolute atomic E-state index is 12.1. The van der Waals surface area contributed by atoms with Crippen LogP contribution < -0.4 is 0 Å². The Morgan fingerprint density at radius 3 is 2.45 bits per heavy atom. The van der Waals surface area contributed by atoms with Gasteiger partial charge in [0.1, 0.15) is 6.61 Å². The summed E-state index contributed by atoms with van der Waals surface area (Å²) >= 11 is 0. The van der Waals surface area contributed by atoms with E-state index >= 15 is 0 Å². The second-order valence-electron chi connectivity index (χ2n) is 5.81. The van der Waals surface area contributed by atoms with Gasteiger partial charge in [-0.05, 0) is 23.3 Å². The van der Waals surface area contributed by atoms with Crippen LogP contribution in [0.2, 0.25) is 0 Å². The van der Waals surface area contributed by atoms with Crippen molar-refractivity contribution in [3.8, 4) is 0 Å². The van der Waals surface area contributed by atoms with E-state index < -0.39 is 0 Å². The molecule has 2 aromatic rings. The van der Waals surface area contributed by atoms with Gasteiger partial charge in [-0.1, -0.05) is 75.4 Å². The van der Waals surface area contributed by atoms with Crippen molar-refractivity contribution >= 4 is 16.6 Å². The topological polar surface area (TPSA) is 26.3 Å². The van der Waals surface area contributed by atoms with Gasteiger partial charge in [-0.25, -0.2) is 0 Å². The lowest BCUT2D eigenvalue weighted by Crippen LogP contribution is -2.09. The van der Waals surface area contributed by atoms with Crippen LogP contribution in [-0.4, -0.2) is 19.0 Å². The Morgan fingerprint density at radius 2 is 1.64 bits per heavy atom. The fraction of sp³-hybridized carbons (Fsp3) is 0.450. The van der Waals surface area contributed by atoms with Crippen molar-refractivity contribution in [2.45, 2.75) is 45.4 Å². The number of unbranched alkanes of at least 4 members (excludes halogenated alkanes) is 5. The van der Waals surface area contributed by atoms with Crippen LogP contribution in [0.4, 0.5) is 0 Å². The van der Waals surface area contributed by atoms with Gasteiger partial charge >= 0.3 is 0 Å². The first-order valence-corrected chi connectivity index (χ1v) is 8.41. The number of benzene rings is 2. The molecular weight excluding hydrogens is 272 g/mol. The van der Waals surface area contributed by atoms with Crippen molar-refractivity contribution in [1.82, 2.24) is 0 Å². The summed E-state index contributed by atoms with van der Waals surface area (Å²) in [5.41, 5.74) is 0.738. The lowest BCUT2D eigenvalue weighted by atomic mass is 10.0. The van der Waals surface area contributed by atoms with Crippen molar-refractivity contribution in [2.24, 2.45) is 0 Å². The zero-order valence-corrected chi connectivity index (χ0v) is 13.5. The molecule has 0 N–H and O–H groups in total. The number of hydrogen-bond donors (Lipinski definition) is 0. The molecule has 0 aliphatic rings. The van der Waals surface area contributed by atoms with Gasteiger partial charge in [-0.2, -0.15) is 0 Å². The summed E-state index contributed by atoms with van der Waals surface area (Å²) in [4.78, 5) is 12.1. The Balaban J connectivity index is 1.70. The van der Waals surface area contributed by atoms with E-state index in [1.54, 1.807) is 0 Å². The monoisotopic (exact) mass is 298 g/mol. The third-order valence-corrected chi connectivity index (χ3v) is 3.95. The summed E-state index contributed by atoms with van der Waals surface area (Å²) in [5, 5.41) is 2.26. The maximum Gasteiger partial charge on any atom is 0.188 e. The van der Waals surface area contributed by atoms with E-state index in [1.165, 1.54) is 32.1 Å². The van der Waals surface area contributed by atoms with E-state index in [-0.39, 0.29) is 12.4 Å². The molecule has 0 atom stereocenters. The van der Waals surface area contributed by atoms with Crippen LogP contribution in [-0.2, 0) is 4.74 Å². The molecule has 22 heavy (non-hydrogen) atoms. The number of carbonyl (C=O) groups is 1. The maximum atomic E-state index is 12.1. The molecule has 0 spiro atoms. The molecule has 0 aliphatic heterocycles. The third kappa shape index (κ3) is 5.27. The second kappa shape index (κ2) is 9.37. The second-order valence-corrected chi connectivity index (χ2v) is 5.81. The molecule has 2 heteroatoms. The Labute approximate surface area is 133 Å². The van der Waals surface area contributed by atoms with Gasteiger partial charge in [-0.3, -0.25) is 4.79 Å². The lowest BCUT2D eigenvalue weighted by molar-refractivity contribution is 0.0752. The smallest absolute Gasteiger partial charge is 0.188 e. The molecule has 0 fully saturated rings. The van der Waals surface area contributed by atoms with Crippen molar-refractivity contribution in [3.63, 3.8) is 0 Å². The molecule has 0 saturated carbocycles. The molecule has 0 unspecified atom stereocenters. The summed E-state index contributed by atoms with van der Waals surface area (Å²) in [6.45, 7) is 3.10. The number of Topliss-reactive ketones (excluding diaryl/α,β-unsaturated/α-hetero) is 1. The predicted molar refractivity (Wildman–Crippen MR) is 92.5 cm³/mol. The molecule has 0 heterocycles. The molecule has 2 rings (SSSR count). The first kappa shape index (κ1) is 16.7. The molecule has 118 valence electrons. The first-order chi connectivity index (χ1) is 10.8. The van der Waals surface area contributed by atoms with E-state index in [4.69, 9.17) is 4.74 Å². The van der Waals surface area contributed by atoms with Crippen LogP contribution >= 0.6 is 0 Å². The van der Waals surface area contributed by atoms with Gasteiger partial charge in [0.15, 0.2) is 5.78 Å². The molecule has 2 nitrogen and oxygen atoms in total. The Kier molecular flexibility index (Phi) is 7.11. The average molecular weight is 298 g/mol. The van der Waals surface area contributed by atoms with E-state index in [0.29, 0.717) is 6.61 Å². The van der Waals surface area contributed by atoms with Crippen LogP contribution in [0.25, 0.3) is 10.8 Å². The minimum Gasteiger partial charge on any atom is -0.373 e. The van der Waals surface area contributed by atoms with E-state index in [2.05, 4.69) is 13.0 Å². The molecule has 0 radical (unpaired) electrons. The highest BCUT2D eigenvalue weighted by Crippen LogP contribution is 2.16. The minimum absolute atomic E-state index is 0.0664. The quantitative estimate of drug-likeness (QED) is 0.433. The predicted octanol–water partition coefficient (Wildman–Crippen LogP) is 5.40. The normalized spacial score (nSPS) is 11.0. The Bertz CT molecular complexity index is 589. The number of rotatable bonds is 10. The molecule has 0 aliphatic carbocycles. The van der Waals surface area contributed by atoms with Gasteiger partial charge in [0.05, 0.1) is 0 Å². The lowest BCUT2D eigenvalue weighted by Gasteiger charge is -2.05. The number of fused-ring (bicyclic) bond motifs is 1. The van der Waals surface area contributed by atoms with Crippen molar-refractivity contribution in [1.29, 1.82) is 0 Å². The number of ether oxygens (including phenoxy) is 1. The Hall–Kier alpha value is -1.67. The fourth-order valence-electron chi connectivity index (χ4n) is 2.60. The molecule has 0 bridgehead atoms. The number of ketones is 1. The first-order valence-electron chi connectivity index (χ1n) is 8.41. The molecule has 0 saturated heterocycles. The summed E-state index contributed by atoms with van der Waals surface area (Å²) in [7, 11) is 0. The van der Waals surface area contributed by atoms with Crippen molar-refractivity contribution < 1.29 is 9.53 Å². The summed E-state index contributed by atoms with van der Waals surface area (Å²) < 4.78 is 5.52. The number of carbonyl (C=O) groups excluding carboxylic acids is 1. The van der Waals surface area contributed by atoms with Crippen LogP contribution in [0.15, 0.2) is 42.5 Å². The van der Waals surface area contributed by atoms with Crippen LogP contribution in [0.1, 0.15) is 55.8 Å². The van der Waals surface area contributed by atoms with Crippen LogP contribution in [0.3, 0.4) is 0 Å². The van der Waals surface area contributed by atoms with Gasteiger partial charge < -0.3 is 4.74 Å². The molecule has 2 aromatic carbocycles. The SMILES string of the molecule is CCCCCCCCOCC(=O)c1ccc2ccccc2c1. The van der Waals surface area contributed by atoms with Crippen LogP contribution in [0.5, 0.6) is 0 Å². The highest BCUT2D eigenvalue weighted by atomic mass is 16.5. The number of hydrogen-bond acceptors (Lipinski definition) is 2. The van der Waals surface area contributed by atoms with Crippen LogP contribution in [0, 0.1) is 0 Å². The minimum atomic E-state index is 0.0664. The summed E-state index contributed by atoms with van der Waals surface area (Å²) in [6.07, 6.45) is 7.43. The van der Waals surface area contributed by atoms with E-state index in [1.807, 2.05) is 36.4 Å². The molecular formula is C20H26O2. The highest BCUT2D eigenvalue weighted by molar-refractivity contribution is 6.00. The average Bonchev–Trinajstić information content (AvgIpc) is 2.56. The zero-order chi connectivity index (χ0) is 15.6. The highest BCUT2D eigenvalue weighted by Gasteiger charge is 2.06. The molecule has 0 amide bonds. The zero-order valence-electron chi connectivity index (χ0n) is 13.5. The largest absolute Gasteiger partial charge is 0.373 e. The van der Waals surface area contributed by atoms with Gasteiger partial charge in [-0.15, -0.1) is 0 Å². The van der Waals surface area contributed by atoms with Gasteiger partial charge in [0.2, 0.25) is 0 Å². The van der Waals surface area contributed by atoms with E-state index in [0.717, 1.165) is 22.8 Å². The summed E-state index contributed by atoms with van der Waals surface area (Å²) in [5.74, 6) is 0.0664. The van der Waals surface area contributed by atoms with Crippen molar-refractivity contribution in [2.75, 3.05) is 13.2 Å². The van der Waals surface area contributed by atoms with Gasteiger partial charge in [0, 0.05) is 12.2 Å². The summed E-state index contributed by atoms with van der Waals surface area (Å²) in [6, 6.07) is 13.9.